The molecule has 2 aromatic carbocycles. The minimum atomic E-state index is -0.601. The van der Waals surface area contributed by atoms with Gasteiger partial charge >= 0.3 is 6.03 Å². The highest BCUT2D eigenvalue weighted by Gasteiger charge is 2.16. The van der Waals surface area contributed by atoms with Gasteiger partial charge in [0.2, 0.25) is 0 Å². The number of aromatic nitrogens is 3. The number of amides is 2. The minimum Gasteiger partial charge on any atom is -0.394 e. The van der Waals surface area contributed by atoms with E-state index in [-0.39, 0.29) is 31.3 Å². The van der Waals surface area contributed by atoms with E-state index in [2.05, 4.69) is 15.6 Å². The number of imidazole rings is 1. The summed E-state index contributed by atoms with van der Waals surface area (Å²) in [6.45, 7) is 1.53. The summed E-state index contributed by atoms with van der Waals surface area (Å²) in [5, 5.41) is 24.3. The molecule has 10 heteroatoms. The van der Waals surface area contributed by atoms with Crippen molar-refractivity contribution in [3.8, 4) is 0 Å². The SMILES string of the molecule is Cc1nc2cc(NC(=O)Nc3cccn(Cc4ccc(F)cc4)c3=O)ccc2n1C(CO)CO. The van der Waals surface area contributed by atoms with Gasteiger partial charge in [-0.1, -0.05) is 12.1 Å². The zero-order valence-electron chi connectivity index (χ0n) is 18.4. The average molecular weight is 465 g/mol. The van der Waals surface area contributed by atoms with Crippen LogP contribution in [0.15, 0.2) is 65.6 Å². The zero-order valence-corrected chi connectivity index (χ0v) is 18.4. The van der Waals surface area contributed by atoms with Crippen LogP contribution in [0.4, 0.5) is 20.6 Å². The Morgan fingerprint density at radius 1 is 1.09 bits per heavy atom. The number of aliphatic hydroxyl groups excluding tert-OH is 2. The second-order valence-corrected chi connectivity index (χ2v) is 7.81. The monoisotopic (exact) mass is 465 g/mol. The Morgan fingerprint density at radius 2 is 1.82 bits per heavy atom. The lowest BCUT2D eigenvalue weighted by Crippen LogP contribution is -2.28. The molecule has 0 atom stereocenters. The maximum atomic E-state index is 13.1. The number of carbonyl (C=O) groups is 1. The summed E-state index contributed by atoms with van der Waals surface area (Å²) >= 11 is 0. The zero-order chi connectivity index (χ0) is 24.2. The Kier molecular flexibility index (Phi) is 6.71. The summed E-state index contributed by atoms with van der Waals surface area (Å²) in [5.41, 5.74) is 2.20. The van der Waals surface area contributed by atoms with Gasteiger partial charge < -0.3 is 30.0 Å². The molecule has 0 saturated carbocycles. The standard InChI is InChI=1S/C24H24FN5O4/c1-15-26-21-11-18(8-9-22(21)30(15)19(13-31)14-32)27-24(34)28-20-3-2-10-29(23(20)33)12-16-4-6-17(25)7-5-16/h2-11,19,31-32H,12-14H2,1H3,(H2,27,28,34). The molecule has 0 saturated heterocycles. The fourth-order valence-electron chi connectivity index (χ4n) is 3.81. The molecule has 2 aromatic heterocycles. The fourth-order valence-corrected chi connectivity index (χ4v) is 3.81. The van der Waals surface area contributed by atoms with Crippen LogP contribution in [0.1, 0.15) is 17.4 Å². The van der Waals surface area contributed by atoms with Gasteiger partial charge in [0, 0.05) is 11.9 Å². The normalized spacial score (nSPS) is 11.2. The Labute approximate surface area is 194 Å². The number of urea groups is 1. The van der Waals surface area contributed by atoms with Crippen LogP contribution in [0.25, 0.3) is 11.0 Å². The first kappa shape index (κ1) is 23.1. The van der Waals surface area contributed by atoms with Crippen molar-refractivity contribution in [2.24, 2.45) is 0 Å². The van der Waals surface area contributed by atoms with Crippen molar-refractivity contribution in [3.05, 3.63) is 88.4 Å². The van der Waals surface area contributed by atoms with Gasteiger partial charge in [-0.05, 0) is 55.0 Å². The first-order chi connectivity index (χ1) is 16.4. The molecule has 0 aliphatic heterocycles. The molecular formula is C24H24FN5O4. The lowest BCUT2D eigenvalue weighted by Gasteiger charge is -2.16. The maximum absolute atomic E-state index is 13.1. The van der Waals surface area contributed by atoms with E-state index in [9.17, 15) is 24.2 Å². The highest BCUT2D eigenvalue weighted by molar-refractivity contribution is 6.00. The molecule has 4 rings (SSSR count). The Bertz CT molecular complexity index is 1380. The number of nitrogens with one attached hydrogen (secondary N) is 2. The van der Waals surface area contributed by atoms with Crippen LogP contribution in [-0.2, 0) is 6.54 Å². The number of pyridine rings is 1. The largest absolute Gasteiger partial charge is 0.394 e. The fraction of sp³-hybridized carbons (Fsp3) is 0.208. The summed E-state index contributed by atoms with van der Waals surface area (Å²) in [5.74, 6) is 0.264. The molecule has 4 aromatic rings. The Balaban J connectivity index is 1.49. The molecular weight excluding hydrogens is 441 g/mol. The van der Waals surface area contributed by atoms with Crippen molar-refractivity contribution in [3.63, 3.8) is 0 Å². The Hall–Kier alpha value is -4.02. The summed E-state index contributed by atoms with van der Waals surface area (Å²) in [7, 11) is 0. The molecule has 0 bridgehead atoms. The van der Waals surface area contributed by atoms with E-state index in [0.29, 0.717) is 22.5 Å². The van der Waals surface area contributed by atoms with Crippen LogP contribution in [-0.4, -0.2) is 43.6 Å². The summed E-state index contributed by atoms with van der Waals surface area (Å²) in [6.07, 6.45) is 1.59. The molecule has 2 heterocycles. The smallest absolute Gasteiger partial charge is 0.323 e. The number of aryl methyl sites for hydroxylation is 1. The van der Waals surface area contributed by atoms with E-state index in [4.69, 9.17) is 0 Å². The number of hydrogen-bond donors (Lipinski definition) is 4. The number of fused-ring (bicyclic) bond motifs is 1. The van der Waals surface area contributed by atoms with Crippen molar-refractivity contribution in [1.82, 2.24) is 14.1 Å². The van der Waals surface area contributed by atoms with Gasteiger partial charge in [-0.15, -0.1) is 0 Å². The highest BCUT2D eigenvalue weighted by atomic mass is 19.1. The maximum Gasteiger partial charge on any atom is 0.323 e. The van der Waals surface area contributed by atoms with Crippen LogP contribution in [0.2, 0.25) is 0 Å². The molecule has 0 spiro atoms. The molecule has 2 amide bonds. The number of rotatable bonds is 7. The molecule has 0 aliphatic rings. The summed E-state index contributed by atoms with van der Waals surface area (Å²) < 4.78 is 16.3. The predicted octanol–water partition coefficient (Wildman–Crippen LogP) is 2.86. The second kappa shape index (κ2) is 9.86. The first-order valence-corrected chi connectivity index (χ1v) is 10.6. The third kappa shape index (κ3) is 4.82. The second-order valence-electron chi connectivity index (χ2n) is 7.81. The summed E-state index contributed by atoms with van der Waals surface area (Å²) in [4.78, 5) is 29.7. The van der Waals surface area contributed by atoms with Gasteiger partial charge in [0.25, 0.3) is 5.56 Å². The third-order valence-corrected chi connectivity index (χ3v) is 5.44. The van der Waals surface area contributed by atoms with Crippen molar-refractivity contribution in [2.75, 3.05) is 23.8 Å². The molecule has 34 heavy (non-hydrogen) atoms. The Morgan fingerprint density at radius 3 is 2.53 bits per heavy atom. The lowest BCUT2D eigenvalue weighted by atomic mass is 10.2. The van der Waals surface area contributed by atoms with Crippen LogP contribution >= 0.6 is 0 Å². The number of benzene rings is 2. The number of aliphatic hydroxyl groups is 2. The molecule has 0 aliphatic carbocycles. The van der Waals surface area contributed by atoms with Crippen LogP contribution in [0.5, 0.6) is 0 Å². The molecule has 9 nitrogen and oxygen atoms in total. The van der Waals surface area contributed by atoms with E-state index < -0.39 is 17.6 Å². The van der Waals surface area contributed by atoms with Gasteiger partial charge in [-0.2, -0.15) is 0 Å². The molecule has 176 valence electrons. The van der Waals surface area contributed by atoms with E-state index in [1.54, 1.807) is 54.1 Å². The molecule has 0 fully saturated rings. The topological polar surface area (TPSA) is 121 Å². The van der Waals surface area contributed by atoms with E-state index in [1.165, 1.54) is 22.8 Å². The average Bonchev–Trinajstić information content (AvgIpc) is 3.14. The number of anilines is 2. The van der Waals surface area contributed by atoms with E-state index >= 15 is 0 Å². The highest BCUT2D eigenvalue weighted by Crippen LogP contribution is 2.24. The molecule has 4 N–H and O–H groups in total. The van der Waals surface area contributed by atoms with Gasteiger partial charge in [0.05, 0.1) is 36.8 Å². The van der Waals surface area contributed by atoms with Crippen LogP contribution < -0.4 is 16.2 Å². The van der Waals surface area contributed by atoms with Gasteiger partial charge in [0.1, 0.15) is 17.3 Å². The van der Waals surface area contributed by atoms with Crippen molar-refractivity contribution in [2.45, 2.75) is 19.5 Å². The molecule has 0 unspecified atom stereocenters. The first-order valence-electron chi connectivity index (χ1n) is 10.6. The predicted molar refractivity (Wildman–Crippen MR) is 127 cm³/mol. The van der Waals surface area contributed by atoms with Crippen molar-refractivity contribution in [1.29, 1.82) is 0 Å². The van der Waals surface area contributed by atoms with E-state index in [1.807, 2.05) is 0 Å². The third-order valence-electron chi connectivity index (χ3n) is 5.44. The minimum absolute atomic E-state index is 0.0945. The number of halogens is 1. The van der Waals surface area contributed by atoms with Gasteiger partial charge in [-0.3, -0.25) is 4.79 Å². The van der Waals surface area contributed by atoms with Crippen LogP contribution in [0, 0.1) is 12.7 Å². The lowest BCUT2D eigenvalue weighted by molar-refractivity contribution is 0.155. The van der Waals surface area contributed by atoms with Crippen LogP contribution in [0.3, 0.4) is 0 Å². The number of carbonyl (C=O) groups excluding carboxylic acids is 1. The summed E-state index contributed by atoms with van der Waals surface area (Å²) in [6, 6.07) is 12.9. The van der Waals surface area contributed by atoms with Crippen molar-refractivity contribution < 1.29 is 19.4 Å². The quantitative estimate of drug-likeness (QED) is 0.334. The van der Waals surface area contributed by atoms with E-state index in [0.717, 1.165) is 5.56 Å². The van der Waals surface area contributed by atoms with Gasteiger partial charge in [-0.25, -0.2) is 14.2 Å². The van der Waals surface area contributed by atoms with Crippen molar-refractivity contribution >= 4 is 28.4 Å². The van der Waals surface area contributed by atoms with Gasteiger partial charge in [0.15, 0.2) is 0 Å². The molecule has 0 radical (unpaired) electrons. The number of hydrogen-bond acceptors (Lipinski definition) is 5. The number of nitrogens with zero attached hydrogens (tertiary/aromatic N) is 3.